The third kappa shape index (κ3) is 8.57. The molecule has 3 N–H and O–H groups in total. The molecule has 17 nitrogen and oxygen atoms in total. The summed E-state index contributed by atoms with van der Waals surface area (Å²) in [4.78, 5) is 79.7. The lowest BCUT2D eigenvalue weighted by molar-refractivity contribution is -0.137. The molecule has 338 valence electrons. The predicted octanol–water partition coefficient (Wildman–Crippen LogP) is 4.13. The maximum Gasteiger partial charge on any atom is 0.293 e. The number of hydrogen-bond acceptors (Lipinski definition) is 13. The molecule has 4 aromatic rings. The van der Waals surface area contributed by atoms with E-state index >= 15 is 4.39 Å². The number of amides is 4. The number of piperazine rings is 1. The summed E-state index contributed by atoms with van der Waals surface area (Å²) in [5, 5.41) is 9.22. The van der Waals surface area contributed by atoms with Gasteiger partial charge < -0.3 is 39.4 Å². The van der Waals surface area contributed by atoms with Crippen molar-refractivity contribution in [1.29, 1.82) is 0 Å². The van der Waals surface area contributed by atoms with Crippen LogP contribution in [0.25, 0.3) is 10.9 Å². The Morgan fingerprint density at radius 2 is 1.73 bits per heavy atom. The quantitative estimate of drug-likeness (QED) is 0.173. The Kier molecular flexibility index (Phi) is 12.2. The van der Waals surface area contributed by atoms with Gasteiger partial charge in [-0.25, -0.2) is 9.37 Å². The van der Waals surface area contributed by atoms with Crippen molar-refractivity contribution >= 4 is 69.3 Å². The van der Waals surface area contributed by atoms with Gasteiger partial charge in [-0.1, -0.05) is 11.6 Å². The average Bonchev–Trinajstić information content (AvgIpc) is 3.61. The minimum absolute atomic E-state index is 0.0113. The number of piperidine rings is 2. The van der Waals surface area contributed by atoms with Crippen molar-refractivity contribution < 1.29 is 33.0 Å². The van der Waals surface area contributed by atoms with Crippen LogP contribution in [0, 0.1) is 5.82 Å². The molecule has 19 heteroatoms. The van der Waals surface area contributed by atoms with Gasteiger partial charge in [-0.3, -0.25) is 34.2 Å². The molecule has 9 rings (SSSR count). The van der Waals surface area contributed by atoms with E-state index in [0.29, 0.717) is 52.9 Å². The first kappa shape index (κ1) is 43.4. The SMILES string of the molecule is CNC(=O)COc1cc2cc(Nc3nc(N4CCC(OC5CC(N6CCN(c7ccc8c(c7F)CN([C@@H]7CCC(=O)NC7=O)C8=O)CC6)C5)CC4)ncc3Cl)ccc2n(C(C)C)c1=O. The molecule has 1 atom stereocenters. The van der Waals surface area contributed by atoms with Gasteiger partial charge in [0.1, 0.15) is 11.1 Å². The van der Waals surface area contributed by atoms with Crippen LogP contribution in [-0.4, -0.2) is 125 Å². The Morgan fingerprint density at radius 3 is 2.45 bits per heavy atom. The first-order chi connectivity index (χ1) is 30.8. The third-order valence-electron chi connectivity index (χ3n) is 13.1. The second kappa shape index (κ2) is 18.0. The number of hydrogen-bond donors (Lipinski definition) is 3. The fraction of sp³-hybridized carbons (Fsp3) is 0.489. The Morgan fingerprint density at radius 1 is 0.969 bits per heavy atom. The number of halogens is 2. The first-order valence-corrected chi connectivity index (χ1v) is 22.4. The van der Waals surface area contributed by atoms with Crippen molar-refractivity contribution in [3.8, 4) is 5.75 Å². The van der Waals surface area contributed by atoms with Gasteiger partial charge in [-0.2, -0.15) is 4.98 Å². The van der Waals surface area contributed by atoms with E-state index in [9.17, 15) is 24.0 Å². The van der Waals surface area contributed by atoms with Crippen LogP contribution in [0.4, 0.5) is 27.5 Å². The Bertz CT molecular complexity index is 2550. The molecule has 4 amide bonds. The number of carbonyl (C=O) groups is 4. The molecule has 6 heterocycles. The molecule has 0 unspecified atom stereocenters. The van der Waals surface area contributed by atoms with Gasteiger partial charge in [0.05, 0.1) is 36.2 Å². The largest absolute Gasteiger partial charge is 0.478 e. The molecule has 4 fully saturated rings. The Hall–Kier alpha value is -5.85. The molecule has 0 radical (unpaired) electrons. The van der Waals surface area contributed by atoms with Crippen LogP contribution in [0.1, 0.15) is 74.3 Å². The maximum atomic E-state index is 16.0. The maximum absolute atomic E-state index is 16.0. The second-order valence-electron chi connectivity index (χ2n) is 17.4. The number of nitrogens with zero attached hydrogens (tertiary/aromatic N) is 7. The topological polar surface area (TPSA) is 184 Å². The molecule has 4 aliphatic heterocycles. The average molecular weight is 899 g/mol. The van der Waals surface area contributed by atoms with E-state index in [1.54, 1.807) is 29.0 Å². The van der Waals surface area contributed by atoms with E-state index in [1.807, 2.05) is 36.9 Å². The van der Waals surface area contributed by atoms with Crippen LogP contribution in [0.5, 0.6) is 5.75 Å². The number of carbonyl (C=O) groups excluding carboxylic acids is 4. The summed E-state index contributed by atoms with van der Waals surface area (Å²) in [6.07, 6.45) is 5.88. The molecular formula is C45H52ClFN10O7. The first-order valence-electron chi connectivity index (χ1n) is 22.0. The highest BCUT2D eigenvalue weighted by Crippen LogP contribution is 2.37. The number of nitrogens with one attached hydrogen (secondary N) is 3. The zero-order chi connectivity index (χ0) is 44.8. The minimum Gasteiger partial charge on any atom is -0.478 e. The lowest BCUT2D eigenvalue weighted by Gasteiger charge is -2.47. The van der Waals surface area contributed by atoms with E-state index < -0.39 is 17.8 Å². The summed E-state index contributed by atoms with van der Waals surface area (Å²) in [7, 11) is 1.51. The summed E-state index contributed by atoms with van der Waals surface area (Å²) in [6, 6.07) is 10.1. The number of aromatic nitrogens is 3. The smallest absolute Gasteiger partial charge is 0.293 e. The van der Waals surface area contributed by atoms with Crippen LogP contribution < -0.4 is 36.0 Å². The van der Waals surface area contributed by atoms with Crippen LogP contribution in [-0.2, 0) is 25.7 Å². The number of ether oxygens (including phenoxy) is 2. The van der Waals surface area contributed by atoms with Crippen LogP contribution in [0.15, 0.2) is 47.4 Å². The fourth-order valence-corrected chi connectivity index (χ4v) is 9.68. The lowest BCUT2D eigenvalue weighted by Crippen LogP contribution is -2.56. The number of rotatable bonds is 12. The van der Waals surface area contributed by atoms with Crippen LogP contribution in [0.3, 0.4) is 0 Å². The minimum atomic E-state index is -0.783. The highest BCUT2D eigenvalue weighted by Gasteiger charge is 2.42. The highest BCUT2D eigenvalue weighted by molar-refractivity contribution is 6.33. The van der Waals surface area contributed by atoms with E-state index in [4.69, 9.17) is 26.1 Å². The van der Waals surface area contributed by atoms with Gasteiger partial charge >= 0.3 is 0 Å². The summed E-state index contributed by atoms with van der Waals surface area (Å²) in [5.41, 5.74) is 2.17. The monoisotopic (exact) mass is 898 g/mol. The normalized spacial score (nSPS) is 21.9. The molecule has 3 saturated heterocycles. The number of benzene rings is 2. The van der Waals surface area contributed by atoms with Gasteiger partial charge in [0.15, 0.2) is 24.0 Å². The van der Waals surface area contributed by atoms with E-state index in [-0.39, 0.29) is 78.8 Å². The van der Waals surface area contributed by atoms with E-state index in [2.05, 4.69) is 30.7 Å². The van der Waals surface area contributed by atoms with Crippen molar-refractivity contribution in [3.05, 3.63) is 74.9 Å². The van der Waals surface area contributed by atoms with Crippen molar-refractivity contribution in [2.24, 2.45) is 0 Å². The van der Waals surface area contributed by atoms with Gasteiger partial charge in [0, 0.05) is 87.0 Å². The van der Waals surface area contributed by atoms with Crippen molar-refractivity contribution in [2.45, 2.75) is 89.3 Å². The number of imide groups is 1. The molecule has 64 heavy (non-hydrogen) atoms. The highest BCUT2D eigenvalue weighted by atomic mass is 35.5. The van der Waals surface area contributed by atoms with Crippen LogP contribution >= 0.6 is 11.6 Å². The van der Waals surface area contributed by atoms with E-state index in [1.165, 1.54) is 11.9 Å². The number of pyridine rings is 1. The number of fused-ring (bicyclic) bond motifs is 2. The van der Waals surface area contributed by atoms with Gasteiger partial charge in [0.2, 0.25) is 17.8 Å². The number of likely N-dealkylation sites (N-methyl/N-ethyl adjacent to an activating group) is 1. The summed E-state index contributed by atoms with van der Waals surface area (Å²) < 4.78 is 29.8. The van der Waals surface area contributed by atoms with Gasteiger partial charge in [-0.05, 0) is 82.3 Å². The van der Waals surface area contributed by atoms with Crippen molar-refractivity contribution in [3.63, 3.8) is 0 Å². The fourth-order valence-electron chi connectivity index (χ4n) is 9.54. The van der Waals surface area contributed by atoms with Gasteiger partial charge in [-0.15, -0.1) is 0 Å². The summed E-state index contributed by atoms with van der Waals surface area (Å²) >= 11 is 6.59. The Balaban J connectivity index is 0.746. The summed E-state index contributed by atoms with van der Waals surface area (Å²) in [5.74, 6) is -0.904. The molecule has 1 saturated carbocycles. The molecular weight excluding hydrogens is 847 g/mol. The standard InChI is InChI=1S/C45H52ClFN10O7/c1-25(2)57-34-6-4-27(18-26(34)19-37(44(57)62)63-24-39(59)48-3)50-41-33(46)22-49-45(52-41)55-12-10-29(11-13-55)64-30-20-28(21-30)53-14-16-54(17-15-53)35-7-5-31-32(40(35)47)23-56(43(31)61)36-8-9-38(58)51-42(36)60/h4-7,18-19,22,25,28-30,36H,8-17,20-21,23-24H2,1-3H3,(H,48,59)(H,49,50,52)(H,51,58,60)/t28?,30?,36-/m1/s1. The molecule has 5 aliphatic rings. The summed E-state index contributed by atoms with van der Waals surface area (Å²) in [6.45, 7) is 7.94. The van der Waals surface area contributed by atoms with Crippen molar-refractivity contribution in [1.82, 2.24) is 35.0 Å². The van der Waals surface area contributed by atoms with Crippen LogP contribution in [0.2, 0.25) is 5.02 Å². The predicted molar refractivity (Wildman–Crippen MR) is 238 cm³/mol. The lowest BCUT2D eigenvalue weighted by atomic mass is 9.87. The number of anilines is 4. The molecule has 0 bridgehead atoms. The third-order valence-corrected chi connectivity index (χ3v) is 13.4. The van der Waals surface area contributed by atoms with Gasteiger partial charge in [0.25, 0.3) is 17.4 Å². The van der Waals surface area contributed by atoms with Crippen molar-refractivity contribution in [2.75, 3.05) is 68.0 Å². The zero-order valence-corrected chi connectivity index (χ0v) is 36.8. The van der Waals surface area contributed by atoms with E-state index in [0.717, 1.165) is 62.8 Å². The molecule has 2 aromatic carbocycles. The molecule has 2 aromatic heterocycles. The molecule has 1 aliphatic carbocycles. The zero-order valence-electron chi connectivity index (χ0n) is 36.1. The molecule has 0 spiro atoms. The second-order valence-corrected chi connectivity index (χ2v) is 17.8. The Labute approximate surface area is 374 Å².